The van der Waals surface area contributed by atoms with Crippen molar-refractivity contribution in [3.05, 3.63) is 58.1 Å². The van der Waals surface area contributed by atoms with Crippen LogP contribution in [0.2, 0.25) is 0 Å². The SMILES string of the molecule is C#CCOc1ccc(CCNC(=S)C(OC)c2ccc(Br)cc2)cc1OC. The molecule has 0 aliphatic rings. The number of nitrogens with one attached hydrogen (secondary N) is 1. The van der Waals surface area contributed by atoms with Gasteiger partial charge in [0.25, 0.3) is 0 Å². The van der Waals surface area contributed by atoms with Crippen molar-refractivity contribution >= 4 is 33.1 Å². The van der Waals surface area contributed by atoms with Gasteiger partial charge in [-0.05, 0) is 41.8 Å². The Morgan fingerprint density at radius 1 is 1.19 bits per heavy atom. The molecule has 4 nitrogen and oxygen atoms in total. The molecule has 2 aromatic carbocycles. The van der Waals surface area contributed by atoms with Crippen molar-refractivity contribution in [3.8, 4) is 23.8 Å². The van der Waals surface area contributed by atoms with Gasteiger partial charge in [-0.25, -0.2) is 0 Å². The van der Waals surface area contributed by atoms with E-state index in [4.69, 9.17) is 32.9 Å². The van der Waals surface area contributed by atoms with Gasteiger partial charge in [-0.3, -0.25) is 0 Å². The highest BCUT2D eigenvalue weighted by Gasteiger charge is 2.16. The Kier molecular flexibility index (Phi) is 8.59. The topological polar surface area (TPSA) is 39.7 Å². The fourth-order valence-electron chi connectivity index (χ4n) is 2.56. The van der Waals surface area contributed by atoms with Crippen LogP contribution >= 0.6 is 28.1 Å². The molecule has 0 saturated carbocycles. The molecule has 0 radical (unpaired) electrons. The van der Waals surface area contributed by atoms with Crippen LogP contribution in [0.1, 0.15) is 17.2 Å². The highest BCUT2D eigenvalue weighted by molar-refractivity contribution is 9.10. The summed E-state index contributed by atoms with van der Waals surface area (Å²) in [5, 5.41) is 3.28. The number of ether oxygens (including phenoxy) is 3. The number of hydrogen-bond donors (Lipinski definition) is 1. The second-order valence-corrected chi connectivity index (χ2v) is 7.04. The molecule has 0 bridgehead atoms. The molecule has 1 N–H and O–H groups in total. The van der Waals surface area contributed by atoms with Gasteiger partial charge in [-0.1, -0.05) is 52.3 Å². The summed E-state index contributed by atoms with van der Waals surface area (Å²) in [7, 11) is 3.26. The number of terminal acetylenes is 1. The molecule has 27 heavy (non-hydrogen) atoms. The zero-order valence-corrected chi connectivity index (χ0v) is 17.7. The van der Waals surface area contributed by atoms with Crippen molar-refractivity contribution in [2.75, 3.05) is 27.4 Å². The molecule has 1 atom stereocenters. The predicted molar refractivity (Wildman–Crippen MR) is 116 cm³/mol. The van der Waals surface area contributed by atoms with Crippen molar-refractivity contribution in [2.45, 2.75) is 12.5 Å². The fraction of sp³-hybridized carbons (Fsp3) is 0.286. The normalized spacial score (nSPS) is 11.3. The second-order valence-electron chi connectivity index (χ2n) is 5.69. The summed E-state index contributed by atoms with van der Waals surface area (Å²) in [5.74, 6) is 3.74. The molecule has 0 spiro atoms. The molecule has 2 rings (SSSR count). The average Bonchev–Trinajstić information content (AvgIpc) is 2.68. The van der Waals surface area contributed by atoms with E-state index in [0.717, 1.165) is 22.0 Å². The molecule has 0 aliphatic heterocycles. The van der Waals surface area contributed by atoms with Gasteiger partial charge in [0.1, 0.15) is 17.7 Å². The lowest BCUT2D eigenvalue weighted by atomic mass is 10.1. The number of methoxy groups -OCH3 is 2. The Labute approximate surface area is 174 Å². The minimum Gasteiger partial charge on any atom is -0.493 e. The number of thiocarbonyl (C=S) groups is 1. The maximum absolute atomic E-state index is 5.56. The minimum atomic E-state index is -0.276. The third-order valence-electron chi connectivity index (χ3n) is 3.90. The largest absolute Gasteiger partial charge is 0.493 e. The first-order chi connectivity index (χ1) is 13.1. The van der Waals surface area contributed by atoms with Crippen molar-refractivity contribution in [1.82, 2.24) is 5.32 Å². The number of rotatable bonds is 9. The molecular weight excluding hydrogens is 426 g/mol. The summed E-state index contributed by atoms with van der Waals surface area (Å²) >= 11 is 8.94. The van der Waals surface area contributed by atoms with Gasteiger partial charge in [0.2, 0.25) is 0 Å². The van der Waals surface area contributed by atoms with Crippen molar-refractivity contribution in [3.63, 3.8) is 0 Å². The van der Waals surface area contributed by atoms with Crippen LogP contribution in [-0.4, -0.2) is 32.4 Å². The third kappa shape index (κ3) is 6.24. The molecule has 0 saturated heterocycles. The van der Waals surface area contributed by atoms with Gasteiger partial charge in [0.15, 0.2) is 11.5 Å². The fourth-order valence-corrected chi connectivity index (χ4v) is 3.16. The first-order valence-corrected chi connectivity index (χ1v) is 9.58. The van der Waals surface area contributed by atoms with Crippen molar-refractivity contribution in [1.29, 1.82) is 0 Å². The van der Waals surface area contributed by atoms with Crippen LogP contribution in [0.5, 0.6) is 11.5 Å². The molecule has 0 aliphatic carbocycles. The summed E-state index contributed by atoms with van der Waals surface area (Å²) in [6.07, 6.45) is 5.73. The number of hydrogen-bond acceptors (Lipinski definition) is 4. The first kappa shape index (κ1) is 21.2. The van der Waals surface area contributed by atoms with Crippen molar-refractivity contribution in [2.24, 2.45) is 0 Å². The lowest BCUT2D eigenvalue weighted by molar-refractivity contribution is 0.157. The second kappa shape index (κ2) is 10.9. The molecule has 0 aromatic heterocycles. The highest BCUT2D eigenvalue weighted by Crippen LogP contribution is 2.28. The zero-order chi connectivity index (χ0) is 19.6. The van der Waals surface area contributed by atoms with E-state index in [1.54, 1.807) is 14.2 Å². The first-order valence-electron chi connectivity index (χ1n) is 8.38. The lowest BCUT2D eigenvalue weighted by Crippen LogP contribution is -2.30. The summed E-state index contributed by atoms with van der Waals surface area (Å²) in [4.78, 5) is 0.653. The molecule has 1 unspecified atom stereocenters. The molecule has 0 fully saturated rings. The molecule has 142 valence electrons. The van der Waals surface area contributed by atoms with E-state index in [-0.39, 0.29) is 12.7 Å². The molecule has 0 amide bonds. The molecule has 6 heteroatoms. The van der Waals surface area contributed by atoms with E-state index < -0.39 is 0 Å². The Balaban J connectivity index is 1.93. The van der Waals surface area contributed by atoms with E-state index in [1.165, 1.54) is 0 Å². The maximum Gasteiger partial charge on any atom is 0.162 e. The lowest BCUT2D eigenvalue weighted by Gasteiger charge is -2.19. The van der Waals surface area contributed by atoms with Crippen molar-refractivity contribution < 1.29 is 14.2 Å². The van der Waals surface area contributed by atoms with Crippen LogP contribution < -0.4 is 14.8 Å². The van der Waals surface area contributed by atoms with Gasteiger partial charge in [-0.15, -0.1) is 6.42 Å². The predicted octanol–water partition coefficient (Wildman–Crippen LogP) is 4.32. The minimum absolute atomic E-state index is 0.208. The zero-order valence-electron chi connectivity index (χ0n) is 15.3. The van der Waals surface area contributed by atoms with E-state index >= 15 is 0 Å². The summed E-state index contributed by atoms with van der Waals surface area (Å²) in [6.45, 7) is 0.892. The number of benzene rings is 2. The third-order valence-corrected chi connectivity index (χ3v) is 4.79. The molecular formula is C21H22BrNO3S. The highest BCUT2D eigenvalue weighted by atomic mass is 79.9. The summed E-state index contributed by atoms with van der Waals surface area (Å²) < 4.78 is 17.4. The smallest absolute Gasteiger partial charge is 0.162 e. The molecule has 0 heterocycles. The average molecular weight is 448 g/mol. The van der Waals surface area contributed by atoms with Crippen LogP contribution in [0.4, 0.5) is 0 Å². The van der Waals surface area contributed by atoms with Crippen LogP contribution in [0, 0.1) is 12.3 Å². The Hall–Kier alpha value is -2.07. The van der Waals surface area contributed by atoms with Gasteiger partial charge in [0, 0.05) is 18.1 Å². The van der Waals surface area contributed by atoms with Gasteiger partial charge in [0.05, 0.1) is 7.11 Å². The van der Waals surface area contributed by atoms with Crippen LogP contribution in [0.3, 0.4) is 0 Å². The summed E-state index contributed by atoms with van der Waals surface area (Å²) in [5.41, 5.74) is 2.11. The Morgan fingerprint density at radius 2 is 1.93 bits per heavy atom. The Morgan fingerprint density at radius 3 is 2.56 bits per heavy atom. The quantitative estimate of drug-likeness (QED) is 0.457. The molecule has 2 aromatic rings. The van der Waals surface area contributed by atoms with Gasteiger partial charge < -0.3 is 19.5 Å². The monoisotopic (exact) mass is 447 g/mol. The van der Waals surface area contributed by atoms with Gasteiger partial charge in [-0.2, -0.15) is 0 Å². The van der Waals surface area contributed by atoms with E-state index in [1.807, 2.05) is 42.5 Å². The van der Waals surface area contributed by atoms with Crippen LogP contribution in [0.15, 0.2) is 46.9 Å². The van der Waals surface area contributed by atoms with E-state index in [0.29, 0.717) is 23.0 Å². The standard InChI is InChI=1S/C21H22BrNO3S/c1-4-13-26-18-10-5-15(14-19(18)24-2)11-12-23-21(27)20(25-3)16-6-8-17(22)9-7-16/h1,5-10,14,20H,11-13H2,2-3H3,(H,23,27). The van der Waals surface area contributed by atoms with Crippen LogP contribution in [0.25, 0.3) is 0 Å². The number of halogens is 1. The maximum atomic E-state index is 5.56. The Bertz CT molecular complexity index is 802. The van der Waals surface area contributed by atoms with Crippen LogP contribution in [-0.2, 0) is 11.2 Å². The van der Waals surface area contributed by atoms with E-state index in [2.05, 4.69) is 27.2 Å². The summed E-state index contributed by atoms with van der Waals surface area (Å²) in [6, 6.07) is 13.7. The van der Waals surface area contributed by atoms with E-state index in [9.17, 15) is 0 Å². The van der Waals surface area contributed by atoms with Gasteiger partial charge >= 0.3 is 0 Å².